The Bertz CT molecular complexity index is 781. The number of phenols is 1. The Kier molecular flexibility index (Phi) is 5.59. The van der Waals surface area contributed by atoms with E-state index in [1.54, 1.807) is 0 Å². The number of hydrogen-bond donors (Lipinski definition) is 2. The first-order chi connectivity index (χ1) is 11.4. The highest BCUT2D eigenvalue weighted by molar-refractivity contribution is 6.30. The fourth-order valence-corrected chi connectivity index (χ4v) is 1.95. The van der Waals surface area contributed by atoms with Gasteiger partial charge in [0.1, 0.15) is 22.9 Å². The maximum absolute atomic E-state index is 13.6. The van der Waals surface area contributed by atoms with Crippen molar-refractivity contribution in [3.05, 3.63) is 52.8 Å². The number of amides is 1. The van der Waals surface area contributed by atoms with Crippen LogP contribution in [0, 0.1) is 5.82 Å². The summed E-state index contributed by atoms with van der Waals surface area (Å²) in [5.74, 6) is -2.35. The minimum Gasteiger partial charge on any atom is -0.507 e. The van der Waals surface area contributed by atoms with Crippen LogP contribution in [0.3, 0.4) is 0 Å². The van der Waals surface area contributed by atoms with E-state index in [0.29, 0.717) is 5.75 Å². The van der Waals surface area contributed by atoms with Gasteiger partial charge in [-0.25, -0.2) is 9.18 Å². The summed E-state index contributed by atoms with van der Waals surface area (Å²) < 4.78 is 23.3. The first kappa shape index (κ1) is 17.6. The predicted octanol–water partition coefficient (Wildman–Crippen LogP) is 2.99. The highest BCUT2D eigenvalue weighted by Gasteiger charge is 2.16. The lowest BCUT2D eigenvalue weighted by atomic mass is 10.2. The molecular formula is C16H13ClFNO5. The van der Waals surface area contributed by atoms with Crippen molar-refractivity contribution >= 4 is 29.2 Å². The Morgan fingerprint density at radius 3 is 2.67 bits per heavy atom. The van der Waals surface area contributed by atoms with Crippen LogP contribution < -0.4 is 10.1 Å². The summed E-state index contributed by atoms with van der Waals surface area (Å²) in [5, 5.41) is 12.1. The highest BCUT2D eigenvalue weighted by atomic mass is 35.5. The van der Waals surface area contributed by atoms with Gasteiger partial charge in [0.25, 0.3) is 5.91 Å². The van der Waals surface area contributed by atoms with Gasteiger partial charge in [0.2, 0.25) is 0 Å². The summed E-state index contributed by atoms with van der Waals surface area (Å²) in [7, 11) is 1.40. The van der Waals surface area contributed by atoms with E-state index >= 15 is 0 Å². The average Bonchev–Trinajstić information content (AvgIpc) is 2.55. The molecule has 0 aliphatic carbocycles. The van der Waals surface area contributed by atoms with Gasteiger partial charge < -0.3 is 19.9 Å². The van der Waals surface area contributed by atoms with E-state index in [-0.39, 0.29) is 22.0 Å². The Morgan fingerprint density at radius 1 is 1.25 bits per heavy atom. The number of rotatable bonds is 5. The Balaban J connectivity index is 1.97. The summed E-state index contributed by atoms with van der Waals surface area (Å²) in [6, 6.07) is 7.72. The highest BCUT2D eigenvalue weighted by Crippen LogP contribution is 2.23. The second-order valence-corrected chi connectivity index (χ2v) is 5.07. The predicted molar refractivity (Wildman–Crippen MR) is 85.0 cm³/mol. The first-order valence-electron chi connectivity index (χ1n) is 6.69. The molecule has 0 spiro atoms. The van der Waals surface area contributed by atoms with Gasteiger partial charge in [-0.2, -0.15) is 0 Å². The molecule has 1 amide bonds. The van der Waals surface area contributed by atoms with Crippen LogP contribution in [0.1, 0.15) is 10.4 Å². The van der Waals surface area contributed by atoms with Crippen molar-refractivity contribution in [2.24, 2.45) is 0 Å². The zero-order chi connectivity index (χ0) is 17.7. The number of benzene rings is 2. The van der Waals surface area contributed by atoms with Crippen molar-refractivity contribution in [2.45, 2.75) is 0 Å². The van der Waals surface area contributed by atoms with Gasteiger partial charge in [0.05, 0.1) is 12.8 Å². The largest absolute Gasteiger partial charge is 0.507 e. The van der Waals surface area contributed by atoms with Gasteiger partial charge in [0, 0.05) is 5.02 Å². The molecule has 0 saturated carbocycles. The topological polar surface area (TPSA) is 84.9 Å². The van der Waals surface area contributed by atoms with E-state index in [9.17, 15) is 19.1 Å². The van der Waals surface area contributed by atoms with E-state index < -0.39 is 24.3 Å². The molecule has 0 fully saturated rings. The second-order valence-electron chi connectivity index (χ2n) is 4.63. The Labute approximate surface area is 141 Å². The summed E-state index contributed by atoms with van der Waals surface area (Å²) >= 11 is 5.61. The van der Waals surface area contributed by atoms with Crippen molar-refractivity contribution < 1.29 is 28.6 Å². The number of anilines is 1. The molecule has 0 unspecified atom stereocenters. The van der Waals surface area contributed by atoms with Crippen LogP contribution in [0.15, 0.2) is 36.4 Å². The van der Waals surface area contributed by atoms with Crippen LogP contribution in [-0.4, -0.2) is 30.7 Å². The van der Waals surface area contributed by atoms with Crippen LogP contribution in [0.2, 0.25) is 5.02 Å². The summed E-state index contributed by atoms with van der Waals surface area (Å²) in [4.78, 5) is 23.6. The second kappa shape index (κ2) is 7.65. The zero-order valence-corrected chi connectivity index (χ0v) is 13.3. The van der Waals surface area contributed by atoms with Gasteiger partial charge in [-0.3, -0.25) is 4.79 Å². The van der Waals surface area contributed by atoms with Crippen molar-refractivity contribution in [1.82, 2.24) is 0 Å². The normalized spacial score (nSPS) is 10.1. The lowest BCUT2D eigenvalue weighted by molar-refractivity contribution is -0.119. The molecule has 0 atom stereocenters. The van der Waals surface area contributed by atoms with E-state index in [4.69, 9.17) is 21.1 Å². The number of carbonyl (C=O) groups excluding carboxylic acids is 2. The molecule has 0 aromatic heterocycles. The molecule has 2 N–H and O–H groups in total. The molecule has 0 aliphatic heterocycles. The van der Waals surface area contributed by atoms with Crippen LogP contribution in [0.25, 0.3) is 0 Å². The fourth-order valence-electron chi connectivity index (χ4n) is 1.79. The summed E-state index contributed by atoms with van der Waals surface area (Å²) in [5.41, 5.74) is -0.246. The van der Waals surface area contributed by atoms with Gasteiger partial charge in [0.15, 0.2) is 6.61 Å². The molecule has 24 heavy (non-hydrogen) atoms. The van der Waals surface area contributed by atoms with Crippen LogP contribution in [0.5, 0.6) is 11.5 Å². The molecule has 2 rings (SSSR count). The smallest absolute Gasteiger partial charge is 0.342 e. The molecule has 0 saturated heterocycles. The van der Waals surface area contributed by atoms with Crippen LogP contribution >= 0.6 is 11.6 Å². The summed E-state index contributed by atoms with van der Waals surface area (Å²) in [6.07, 6.45) is 0. The number of ether oxygens (including phenoxy) is 2. The van der Waals surface area contributed by atoms with Crippen molar-refractivity contribution in [3.8, 4) is 11.5 Å². The molecule has 0 heterocycles. The molecular weight excluding hydrogens is 341 g/mol. The zero-order valence-electron chi connectivity index (χ0n) is 12.5. The third-order valence-electron chi connectivity index (χ3n) is 2.96. The average molecular weight is 354 g/mol. The molecule has 0 aliphatic rings. The minimum absolute atomic E-state index is 0.0929. The summed E-state index contributed by atoms with van der Waals surface area (Å²) in [6.45, 7) is -0.655. The van der Waals surface area contributed by atoms with Crippen molar-refractivity contribution in [3.63, 3.8) is 0 Å². The molecule has 126 valence electrons. The number of esters is 1. The number of hydrogen-bond acceptors (Lipinski definition) is 5. The van der Waals surface area contributed by atoms with Gasteiger partial charge in [-0.1, -0.05) is 11.6 Å². The van der Waals surface area contributed by atoms with E-state index in [1.807, 2.05) is 0 Å². The number of carbonyl (C=O) groups is 2. The SMILES string of the molecule is COc1ccc(O)c(C(=O)OCC(=O)Nc2ccc(Cl)cc2F)c1. The molecule has 2 aromatic rings. The molecule has 8 heteroatoms. The molecule has 0 bridgehead atoms. The lowest BCUT2D eigenvalue weighted by Crippen LogP contribution is -2.21. The quantitative estimate of drug-likeness (QED) is 0.807. The standard InChI is InChI=1S/C16H13ClFNO5/c1-23-10-3-5-14(20)11(7-10)16(22)24-8-15(21)19-13-4-2-9(17)6-12(13)18/h2-7,20H,8H2,1H3,(H,19,21). The van der Waals surface area contributed by atoms with E-state index in [1.165, 1.54) is 37.4 Å². The van der Waals surface area contributed by atoms with E-state index in [2.05, 4.69) is 5.32 Å². The number of phenolic OH excluding ortho intramolecular Hbond substituents is 1. The number of methoxy groups -OCH3 is 1. The number of aromatic hydroxyl groups is 1. The third kappa shape index (κ3) is 4.36. The van der Waals surface area contributed by atoms with Gasteiger partial charge in [-0.15, -0.1) is 0 Å². The van der Waals surface area contributed by atoms with Crippen LogP contribution in [0.4, 0.5) is 10.1 Å². The Morgan fingerprint density at radius 2 is 2.00 bits per heavy atom. The van der Waals surface area contributed by atoms with Gasteiger partial charge >= 0.3 is 5.97 Å². The fraction of sp³-hybridized carbons (Fsp3) is 0.125. The Hall–Kier alpha value is -2.80. The monoisotopic (exact) mass is 353 g/mol. The maximum atomic E-state index is 13.6. The lowest BCUT2D eigenvalue weighted by Gasteiger charge is -2.09. The number of halogens is 2. The van der Waals surface area contributed by atoms with Crippen LogP contribution in [-0.2, 0) is 9.53 Å². The minimum atomic E-state index is -0.918. The molecule has 2 aromatic carbocycles. The third-order valence-corrected chi connectivity index (χ3v) is 3.20. The van der Waals surface area contributed by atoms with Gasteiger partial charge in [-0.05, 0) is 36.4 Å². The first-order valence-corrected chi connectivity index (χ1v) is 7.07. The van der Waals surface area contributed by atoms with Crippen molar-refractivity contribution in [2.75, 3.05) is 19.0 Å². The van der Waals surface area contributed by atoms with E-state index in [0.717, 1.165) is 6.07 Å². The number of nitrogens with one attached hydrogen (secondary N) is 1. The maximum Gasteiger partial charge on any atom is 0.342 e. The van der Waals surface area contributed by atoms with Crippen molar-refractivity contribution in [1.29, 1.82) is 0 Å². The molecule has 0 radical (unpaired) electrons. The molecule has 6 nitrogen and oxygen atoms in total.